The lowest BCUT2D eigenvalue weighted by atomic mass is 10.2. The quantitative estimate of drug-likeness (QED) is 0.583. The fourth-order valence-corrected chi connectivity index (χ4v) is 1.04. The van der Waals surface area contributed by atoms with Gasteiger partial charge in [0.25, 0.3) is 0 Å². The molecule has 1 aliphatic carbocycles. The van der Waals surface area contributed by atoms with Crippen LogP contribution in [0.15, 0.2) is 40.4 Å². The molecule has 4 heteroatoms. The van der Waals surface area contributed by atoms with Gasteiger partial charge in [-0.25, -0.2) is 4.39 Å². The van der Waals surface area contributed by atoms with Gasteiger partial charge in [0.1, 0.15) is 5.83 Å². The number of halogens is 1. The summed E-state index contributed by atoms with van der Waals surface area (Å²) in [6.45, 7) is 1.72. The van der Waals surface area contributed by atoms with Crippen LogP contribution in [0.25, 0.3) is 0 Å². The van der Waals surface area contributed by atoms with Crippen molar-refractivity contribution < 1.29 is 9.18 Å². The Bertz CT molecular complexity index is 340. The van der Waals surface area contributed by atoms with Crippen LogP contribution in [0.4, 0.5) is 4.39 Å². The van der Waals surface area contributed by atoms with E-state index in [0.29, 0.717) is 6.42 Å². The SMILES string of the molecule is CC1=CCC=C(C(=O)N=O)C(F)=C1. The fraction of sp³-hybridized carbons (Fsp3) is 0.222. The van der Waals surface area contributed by atoms with Crippen molar-refractivity contribution in [1.82, 2.24) is 0 Å². The topological polar surface area (TPSA) is 46.5 Å². The summed E-state index contributed by atoms with van der Waals surface area (Å²) in [6, 6.07) is 0. The number of carbonyl (C=O) groups is 1. The monoisotopic (exact) mass is 181 g/mol. The van der Waals surface area contributed by atoms with Crippen molar-refractivity contribution in [2.75, 3.05) is 0 Å². The number of hydrogen-bond acceptors (Lipinski definition) is 2. The summed E-state index contributed by atoms with van der Waals surface area (Å²) < 4.78 is 13.1. The van der Waals surface area contributed by atoms with Crippen molar-refractivity contribution >= 4 is 5.91 Å². The van der Waals surface area contributed by atoms with Gasteiger partial charge in [0, 0.05) is 5.18 Å². The van der Waals surface area contributed by atoms with E-state index >= 15 is 0 Å². The normalized spacial score (nSPS) is 16.6. The van der Waals surface area contributed by atoms with E-state index in [1.165, 1.54) is 12.2 Å². The lowest BCUT2D eigenvalue weighted by Crippen LogP contribution is -1.98. The smallest absolute Gasteiger partial charge is 0.263 e. The van der Waals surface area contributed by atoms with Gasteiger partial charge >= 0.3 is 5.91 Å². The molecule has 0 aliphatic heterocycles. The zero-order valence-corrected chi connectivity index (χ0v) is 7.08. The van der Waals surface area contributed by atoms with Gasteiger partial charge < -0.3 is 0 Å². The Labute approximate surface area is 74.6 Å². The molecular formula is C9H8FNO2. The Morgan fingerprint density at radius 1 is 1.54 bits per heavy atom. The lowest BCUT2D eigenvalue weighted by Gasteiger charge is -1.94. The van der Waals surface area contributed by atoms with Crippen LogP contribution in [0.2, 0.25) is 0 Å². The highest BCUT2D eigenvalue weighted by atomic mass is 19.1. The van der Waals surface area contributed by atoms with Crippen molar-refractivity contribution in [2.24, 2.45) is 5.18 Å². The Kier molecular flexibility index (Phi) is 2.84. The third-order valence-electron chi connectivity index (χ3n) is 1.69. The molecule has 0 heterocycles. The number of carbonyl (C=O) groups excluding carboxylic acids is 1. The third kappa shape index (κ3) is 2.18. The molecular weight excluding hydrogens is 173 g/mol. The van der Waals surface area contributed by atoms with Gasteiger partial charge in [-0.2, -0.15) is 0 Å². The number of nitrogens with zero attached hydrogens (tertiary/aromatic N) is 1. The fourth-order valence-electron chi connectivity index (χ4n) is 1.04. The molecule has 1 rings (SSSR count). The molecule has 0 N–H and O–H groups in total. The predicted octanol–water partition coefficient (Wildman–Crippen LogP) is 2.41. The largest absolute Gasteiger partial charge is 0.319 e. The summed E-state index contributed by atoms with van der Waals surface area (Å²) in [5, 5.41) is 2.17. The van der Waals surface area contributed by atoms with Crippen LogP contribution in [-0.2, 0) is 4.79 Å². The molecule has 68 valence electrons. The Morgan fingerprint density at radius 3 is 2.85 bits per heavy atom. The maximum absolute atomic E-state index is 13.1. The van der Waals surface area contributed by atoms with Crippen molar-refractivity contribution in [2.45, 2.75) is 13.3 Å². The zero-order chi connectivity index (χ0) is 9.84. The maximum atomic E-state index is 13.1. The van der Waals surface area contributed by atoms with Crippen molar-refractivity contribution in [3.63, 3.8) is 0 Å². The molecule has 0 spiro atoms. The van der Waals surface area contributed by atoms with Crippen molar-refractivity contribution in [3.05, 3.63) is 40.1 Å². The van der Waals surface area contributed by atoms with E-state index in [9.17, 15) is 14.1 Å². The second-order valence-corrected chi connectivity index (χ2v) is 2.69. The molecule has 1 aliphatic rings. The summed E-state index contributed by atoms with van der Waals surface area (Å²) in [6.07, 6.45) is 4.75. The predicted molar refractivity (Wildman–Crippen MR) is 46.5 cm³/mol. The maximum Gasteiger partial charge on any atom is 0.319 e. The molecule has 3 nitrogen and oxygen atoms in total. The molecule has 0 aromatic heterocycles. The molecule has 1 amide bonds. The van der Waals surface area contributed by atoms with Crippen LogP contribution in [0, 0.1) is 4.91 Å². The number of nitroso groups, excluding NO2 is 1. The summed E-state index contributed by atoms with van der Waals surface area (Å²) in [5.74, 6) is -1.76. The Morgan fingerprint density at radius 2 is 2.23 bits per heavy atom. The first kappa shape index (κ1) is 9.51. The van der Waals surface area contributed by atoms with E-state index < -0.39 is 11.7 Å². The van der Waals surface area contributed by atoms with Gasteiger partial charge in [-0.1, -0.05) is 17.7 Å². The van der Waals surface area contributed by atoms with Gasteiger partial charge in [0.05, 0.1) is 5.57 Å². The lowest BCUT2D eigenvalue weighted by molar-refractivity contribution is -0.114. The van der Waals surface area contributed by atoms with Crippen molar-refractivity contribution in [1.29, 1.82) is 0 Å². The molecule has 0 aromatic rings. The minimum absolute atomic E-state index is 0.247. The summed E-state index contributed by atoms with van der Waals surface area (Å²) in [5.41, 5.74) is 0.477. The molecule has 13 heavy (non-hydrogen) atoms. The minimum Gasteiger partial charge on any atom is -0.263 e. The summed E-state index contributed by atoms with van der Waals surface area (Å²) >= 11 is 0. The first-order valence-electron chi connectivity index (χ1n) is 3.77. The van der Waals surface area contributed by atoms with Gasteiger partial charge in [-0.15, -0.1) is 4.91 Å². The Balaban J connectivity index is 3.02. The number of allylic oxidation sites excluding steroid dienone is 4. The molecule has 0 saturated carbocycles. The second kappa shape index (κ2) is 3.89. The van der Waals surface area contributed by atoms with E-state index in [1.54, 1.807) is 13.0 Å². The highest BCUT2D eigenvalue weighted by Crippen LogP contribution is 2.20. The number of amides is 1. The third-order valence-corrected chi connectivity index (χ3v) is 1.69. The van der Waals surface area contributed by atoms with Crippen molar-refractivity contribution in [3.8, 4) is 0 Å². The summed E-state index contributed by atoms with van der Waals surface area (Å²) in [7, 11) is 0. The number of rotatable bonds is 1. The molecule has 0 aromatic carbocycles. The highest BCUT2D eigenvalue weighted by Gasteiger charge is 2.15. The van der Waals surface area contributed by atoms with Crippen LogP contribution in [0.5, 0.6) is 0 Å². The van der Waals surface area contributed by atoms with Crippen LogP contribution in [0.1, 0.15) is 13.3 Å². The zero-order valence-electron chi connectivity index (χ0n) is 7.08. The van der Waals surface area contributed by atoms with Crippen LogP contribution < -0.4 is 0 Å². The average molecular weight is 181 g/mol. The van der Waals surface area contributed by atoms with E-state index in [4.69, 9.17) is 0 Å². The van der Waals surface area contributed by atoms with Gasteiger partial charge in [0.2, 0.25) is 0 Å². The average Bonchev–Trinajstić information content (AvgIpc) is 2.25. The first-order chi connectivity index (χ1) is 6.15. The minimum atomic E-state index is -1.06. The van der Waals surface area contributed by atoms with E-state index in [-0.39, 0.29) is 5.57 Å². The standard InChI is InChI=1S/C9H8FNO2/c1-6-3-2-4-7(8(10)5-6)9(12)11-13/h3-5H,2H2,1H3. The van der Waals surface area contributed by atoms with Gasteiger partial charge in [-0.05, 0) is 19.4 Å². The van der Waals surface area contributed by atoms with Gasteiger partial charge in [0.15, 0.2) is 0 Å². The van der Waals surface area contributed by atoms with Crippen LogP contribution >= 0.6 is 0 Å². The molecule has 0 fully saturated rings. The van der Waals surface area contributed by atoms with E-state index in [1.807, 2.05) is 0 Å². The van der Waals surface area contributed by atoms with E-state index in [0.717, 1.165) is 5.57 Å². The Hall–Kier alpha value is -1.58. The molecule has 0 saturated heterocycles. The van der Waals surface area contributed by atoms with Crippen LogP contribution in [-0.4, -0.2) is 5.91 Å². The first-order valence-corrected chi connectivity index (χ1v) is 3.77. The molecule has 0 unspecified atom stereocenters. The molecule has 0 radical (unpaired) electrons. The number of hydrogen-bond donors (Lipinski definition) is 0. The highest BCUT2D eigenvalue weighted by molar-refractivity contribution is 5.97. The molecule has 0 atom stereocenters. The summed E-state index contributed by atoms with van der Waals surface area (Å²) in [4.78, 5) is 20.7. The van der Waals surface area contributed by atoms with Crippen LogP contribution in [0.3, 0.4) is 0 Å². The van der Waals surface area contributed by atoms with E-state index in [2.05, 4.69) is 5.18 Å². The molecule has 0 bridgehead atoms. The van der Waals surface area contributed by atoms with Gasteiger partial charge in [-0.3, -0.25) is 4.79 Å². The second-order valence-electron chi connectivity index (χ2n) is 2.69.